The van der Waals surface area contributed by atoms with Crippen LogP contribution in [-0.4, -0.2) is 30.3 Å². The fourth-order valence-electron chi connectivity index (χ4n) is 2.68. The lowest BCUT2D eigenvalue weighted by atomic mass is 9.95. The lowest BCUT2D eigenvalue weighted by Gasteiger charge is -2.23. The summed E-state index contributed by atoms with van der Waals surface area (Å²) in [5.74, 6) is 1.95. The van der Waals surface area contributed by atoms with Gasteiger partial charge in [-0.15, -0.1) is 6.42 Å². The Morgan fingerprint density at radius 3 is 2.52 bits per heavy atom. The number of nitrogens with one attached hydrogen (secondary N) is 1. The van der Waals surface area contributed by atoms with E-state index in [-0.39, 0.29) is 24.3 Å². The number of rotatable bonds is 6. The summed E-state index contributed by atoms with van der Waals surface area (Å²) in [4.78, 5) is 26.4. The second-order valence-electron chi connectivity index (χ2n) is 5.84. The van der Waals surface area contributed by atoms with E-state index in [0.29, 0.717) is 17.7 Å². The summed E-state index contributed by atoms with van der Waals surface area (Å²) in [6.07, 6.45) is 6.04. The lowest BCUT2D eigenvalue weighted by molar-refractivity contribution is -0.134. The summed E-state index contributed by atoms with van der Waals surface area (Å²) in [7, 11) is 1.64. The first-order valence-electron chi connectivity index (χ1n) is 8.21. The number of carbonyl (C=O) groups excluding carboxylic acids is 2. The molecule has 0 heterocycles. The predicted octanol–water partition coefficient (Wildman–Crippen LogP) is 3.26. The molecule has 128 valence electrons. The normalized spacial score (nSPS) is 11.2. The molecule has 0 spiro atoms. The molecule has 0 saturated heterocycles. The van der Waals surface area contributed by atoms with Crippen molar-refractivity contribution in [2.75, 3.05) is 18.9 Å². The molecule has 1 atom stereocenters. The number of hydrogen-bond donors (Lipinski definition) is 1. The highest BCUT2D eigenvalue weighted by molar-refractivity contribution is 5.95. The summed E-state index contributed by atoms with van der Waals surface area (Å²) < 4.78 is 0. The van der Waals surface area contributed by atoms with Gasteiger partial charge in [0, 0.05) is 18.3 Å². The molecule has 0 aliphatic rings. The first-order chi connectivity index (χ1) is 12.0. The SMILES string of the molecule is C#Cc1cccc(NC(=O)CN(C)C(=O)[C@@H](CC)c2ccccc2)c1. The van der Waals surface area contributed by atoms with Gasteiger partial charge in [-0.05, 0) is 30.2 Å². The second kappa shape index (κ2) is 8.70. The molecule has 0 radical (unpaired) electrons. The molecule has 2 rings (SSSR count). The molecule has 0 aliphatic heterocycles. The fraction of sp³-hybridized carbons (Fsp3) is 0.238. The Labute approximate surface area is 148 Å². The summed E-state index contributed by atoms with van der Waals surface area (Å²) in [5, 5.41) is 2.77. The van der Waals surface area contributed by atoms with Crippen molar-refractivity contribution in [2.45, 2.75) is 19.3 Å². The minimum absolute atomic E-state index is 0.0115. The molecule has 0 aliphatic carbocycles. The van der Waals surface area contributed by atoms with Gasteiger partial charge in [0.05, 0.1) is 12.5 Å². The van der Waals surface area contributed by atoms with Crippen LogP contribution in [0.4, 0.5) is 5.69 Å². The highest BCUT2D eigenvalue weighted by Crippen LogP contribution is 2.21. The number of anilines is 1. The molecular weight excluding hydrogens is 312 g/mol. The molecule has 0 fully saturated rings. The molecule has 4 heteroatoms. The molecule has 25 heavy (non-hydrogen) atoms. The Morgan fingerprint density at radius 2 is 1.88 bits per heavy atom. The van der Waals surface area contributed by atoms with Crippen molar-refractivity contribution in [3.8, 4) is 12.3 Å². The van der Waals surface area contributed by atoms with E-state index in [9.17, 15) is 9.59 Å². The molecule has 0 saturated carbocycles. The largest absolute Gasteiger partial charge is 0.336 e. The highest BCUT2D eigenvalue weighted by atomic mass is 16.2. The number of hydrogen-bond acceptors (Lipinski definition) is 2. The zero-order valence-corrected chi connectivity index (χ0v) is 14.5. The maximum Gasteiger partial charge on any atom is 0.243 e. The van der Waals surface area contributed by atoms with Gasteiger partial charge < -0.3 is 10.2 Å². The third kappa shape index (κ3) is 4.95. The average Bonchev–Trinajstić information content (AvgIpc) is 2.63. The topological polar surface area (TPSA) is 49.4 Å². The smallest absolute Gasteiger partial charge is 0.243 e. The number of carbonyl (C=O) groups is 2. The van der Waals surface area contributed by atoms with Crippen molar-refractivity contribution >= 4 is 17.5 Å². The van der Waals surface area contributed by atoms with Gasteiger partial charge in [-0.3, -0.25) is 9.59 Å². The Hall–Kier alpha value is -3.06. The van der Waals surface area contributed by atoms with Crippen LogP contribution >= 0.6 is 0 Å². The third-order valence-corrected chi connectivity index (χ3v) is 3.98. The van der Waals surface area contributed by atoms with Crippen LogP contribution in [-0.2, 0) is 9.59 Å². The monoisotopic (exact) mass is 334 g/mol. The Morgan fingerprint density at radius 1 is 1.16 bits per heavy atom. The zero-order valence-electron chi connectivity index (χ0n) is 14.5. The molecule has 0 unspecified atom stereocenters. The van der Waals surface area contributed by atoms with Crippen LogP contribution in [0.3, 0.4) is 0 Å². The molecule has 4 nitrogen and oxygen atoms in total. The Balaban J connectivity index is 2.00. The molecular formula is C21H22N2O2. The molecule has 0 bridgehead atoms. The summed E-state index contributed by atoms with van der Waals surface area (Å²) in [6.45, 7) is 1.96. The van der Waals surface area contributed by atoms with Crippen LogP contribution in [0, 0.1) is 12.3 Å². The Kier molecular flexibility index (Phi) is 6.36. The number of likely N-dealkylation sites (N-methyl/N-ethyl adjacent to an activating group) is 1. The van der Waals surface area contributed by atoms with Gasteiger partial charge in [0.25, 0.3) is 0 Å². The van der Waals surface area contributed by atoms with Gasteiger partial charge >= 0.3 is 0 Å². The summed E-state index contributed by atoms with van der Waals surface area (Å²) in [5.41, 5.74) is 2.28. The van der Waals surface area contributed by atoms with Gasteiger partial charge in [-0.2, -0.15) is 0 Å². The van der Waals surface area contributed by atoms with Gasteiger partial charge in [0.2, 0.25) is 11.8 Å². The standard InChI is InChI=1S/C21H22N2O2/c1-4-16-10-9-13-18(14-16)22-20(24)15-23(3)21(25)19(5-2)17-11-7-6-8-12-17/h1,6-14,19H,5,15H2,2-3H3,(H,22,24)/t19-/m0/s1. The van der Waals surface area contributed by atoms with Crippen molar-refractivity contribution in [3.05, 3.63) is 65.7 Å². The maximum absolute atomic E-state index is 12.7. The van der Waals surface area contributed by atoms with E-state index in [1.165, 1.54) is 4.90 Å². The maximum atomic E-state index is 12.7. The summed E-state index contributed by atoms with van der Waals surface area (Å²) in [6, 6.07) is 16.7. The van der Waals surface area contributed by atoms with Crippen LogP contribution in [0.25, 0.3) is 0 Å². The van der Waals surface area contributed by atoms with E-state index in [2.05, 4.69) is 11.2 Å². The average molecular weight is 334 g/mol. The van der Waals surface area contributed by atoms with E-state index in [4.69, 9.17) is 6.42 Å². The number of benzene rings is 2. The molecule has 2 aromatic carbocycles. The van der Waals surface area contributed by atoms with E-state index in [1.54, 1.807) is 31.3 Å². The Bertz CT molecular complexity index is 778. The fourth-order valence-corrected chi connectivity index (χ4v) is 2.68. The van der Waals surface area contributed by atoms with Crippen LogP contribution in [0.1, 0.15) is 30.4 Å². The van der Waals surface area contributed by atoms with Crippen molar-refractivity contribution < 1.29 is 9.59 Å². The first-order valence-corrected chi connectivity index (χ1v) is 8.21. The predicted molar refractivity (Wildman–Crippen MR) is 100 cm³/mol. The van der Waals surface area contributed by atoms with Crippen LogP contribution in [0.5, 0.6) is 0 Å². The van der Waals surface area contributed by atoms with Gasteiger partial charge in [-0.1, -0.05) is 49.2 Å². The van der Waals surface area contributed by atoms with Gasteiger partial charge in [-0.25, -0.2) is 0 Å². The second-order valence-corrected chi connectivity index (χ2v) is 5.84. The number of nitrogens with zero attached hydrogens (tertiary/aromatic N) is 1. The number of terminal acetylenes is 1. The van der Waals surface area contributed by atoms with Crippen molar-refractivity contribution in [2.24, 2.45) is 0 Å². The highest BCUT2D eigenvalue weighted by Gasteiger charge is 2.23. The van der Waals surface area contributed by atoms with Gasteiger partial charge in [0.15, 0.2) is 0 Å². The van der Waals surface area contributed by atoms with Crippen molar-refractivity contribution in [1.29, 1.82) is 0 Å². The van der Waals surface area contributed by atoms with Gasteiger partial charge in [0.1, 0.15) is 0 Å². The van der Waals surface area contributed by atoms with Crippen LogP contribution in [0.2, 0.25) is 0 Å². The lowest BCUT2D eigenvalue weighted by Crippen LogP contribution is -2.37. The van der Waals surface area contributed by atoms with E-state index < -0.39 is 0 Å². The van der Waals surface area contributed by atoms with E-state index in [1.807, 2.05) is 37.3 Å². The molecule has 0 aromatic heterocycles. The van der Waals surface area contributed by atoms with Crippen molar-refractivity contribution in [1.82, 2.24) is 4.90 Å². The third-order valence-electron chi connectivity index (χ3n) is 3.98. The van der Waals surface area contributed by atoms with Crippen molar-refractivity contribution in [3.63, 3.8) is 0 Å². The minimum Gasteiger partial charge on any atom is -0.336 e. The molecule has 1 N–H and O–H groups in total. The molecule has 2 amide bonds. The quantitative estimate of drug-likeness (QED) is 0.825. The summed E-state index contributed by atoms with van der Waals surface area (Å²) >= 11 is 0. The molecule has 2 aromatic rings. The van der Waals surface area contributed by atoms with Crippen LogP contribution in [0.15, 0.2) is 54.6 Å². The van der Waals surface area contributed by atoms with E-state index >= 15 is 0 Å². The minimum atomic E-state index is -0.257. The zero-order chi connectivity index (χ0) is 18.2. The number of amides is 2. The van der Waals surface area contributed by atoms with Crippen LogP contribution < -0.4 is 5.32 Å². The first kappa shape index (κ1) is 18.3. The van der Waals surface area contributed by atoms with E-state index in [0.717, 1.165) is 5.56 Å².